The van der Waals surface area contributed by atoms with Crippen molar-refractivity contribution in [3.05, 3.63) is 0 Å². The van der Waals surface area contributed by atoms with Crippen LogP contribution in [0.25, 0.3) is 0 Å². The molecule has 5 atom stereocenters. The minimum absolute atomic E-state index is 0.107. The summed E-state index contributed by atoms with van der Waals surface area (Å²) in [6.07, 6.45) is 2.47. The van der Waals surface area contributed by atoms with Gasteiger partial charge in [-0.2, -0.15) is 0 Å². The Morgan fingerprint density at radius 2 is 1.08 bits per heavy atom. The predicted molar refractivity (Wildman–Crippen MR) is 274 cm³/mol. The molecule has 0 spiro atoms. The van der Waals surface area contributed by atoms with Crippen LogP contribution in [0.4, 0.5) is 0 Å². The molecular formula is C50H86N12O12. The number of rotatable bonds is 7. The molecule has 2 heterocycles. The Hall–Kier alpha value is -6.36. The zero-order valence-corrected chi connectivity index (χ0v) is 46.6. The quantitative estimate of drug-likeness (QED) is 0.226. The highest BCUT2D eigenvalue weighted by molar-refractivity contribution is 5.99. The summed E-state index contributed by atoms with van der Waals surface area (Å²) in [4.78, 5) is 174. The third-order valence-electron chi connectivity index (χ3n) is 13.9. The lowest BCUT2D eigenvalue weighted by atomic mass is 9.95. The van der Waals surface area contributed by atoms with E-state index in [1.807, 2.05) is 34.6 Å². The maximum atomic E-state index is 14.7. The molecule has 0 aromatic heterocycles. The maximum Gasteiger partial charge on any atom is 0.246 e. The second kappa shape index (κ2) is 28.9. The van der Waals surface area contributed by atoms with Gasteiger partial charge in [-0.1, -0.05) is 48.0 Å². The number of carbonyl (C=O) groups excluding carboxylic acids is 12. The fourth-order valence-corrected chi connectivity index (χ4v) is 8.27. The number of hydrogen-bond donors (Lipinski definition) is 4. The van der Waals surface area contributed by atoms with Gasteiger partial charge < -0.3 is 60.5 Å². The first kappa shape index (κ1) is 63.8. The van der Waals surface area contributed by atoms with E-state index in [1.54, 1.807) is 11.8 Å². The summed E-state index contributed by atoms with van der Waals surface area (Å²) in [6, 6.07) is -4.90. The molecule has 0 aromatic carbocycles. The molecule has 24 heteroatoms. The monoisotopic (exact) mass is 1050 g/mol. The van der Waals surface area contributed by atoms with Gasteiger partial charge in [-0.25, -0.2) is 0 Å². The average molecular weight is 1050 g/mol. The van der Waals surface area contributed by atoms with E-state index < -0.39 is 152 Å². The van der Waals surface area contributed by atoms with Crippen LogP contribution in [0.5, 0.6) is 0 Å². The minimum atomic E-state index is -1.61. The first-order valence-corrected chi connectivity index (χ1v) is 25.5. The molecule has 2 aliphatic rings. The number of nitrogens with one attached hydrogen (secondary N) is 4. The Balaban J connectivity index is 2.67. The zero-order valence-electron chi connectivity index (χ0n) is 46.6. The molecule has 418 valence electrons. The van der Waals surface area contributed by atoms with Gasteiger partial charge in [-0.15, -0.1) is 0 Å². The highest BCUT2D eigenvalue weighted by Crippen LogP contribution is 2.22. The first-order chi connectivity index (χ1) is 34.3. The molecule has 12 amide bonds. The van der Waals surface area contributed by atoms with E-state index in [1.165, 1.54) is 68.1 Å². The smallest absolute Gasteiger partial charge is 0.246 e. The Labute approximate surface area is 437 Å². The van der Waals surface area contributed by atoms with Gasteiger partial charge in [0.1, 0.15) is 29.7 Å². The van der Waals surface area contributed by atoms with E-state index >= 15 is 0 Å². The molecule has 0 bridgehead atoms. The summed E-state index contributed by atoms with van der Waals surface area (Å²) >= 11 is 0. The lowest BCUT2D eigenvalue weighted by Crippen LogP contribution is -2.62. The predicted octanol–water partition coefficient (Wildman–Crippen LogP) is -1.53. The second-order valence-corrected chi connectivity index (χ2v) is 21.2. The zero-order chi connectivity index (χ0) is 56.5. The van der Waals surface area contributed by atoms with Crippen LogP contribution in [0.1, 0.15) is 100 Å². The van der Waals surface area contributed by atoms with Crippen molar-refractivity contribution in [1.29, 1.82) is 0 Å². The third kappa shape index (κ3) is 18.5. The van der Waals surface area contributed by atoms with Crippen LogP contribution < -0.4 is 21.3 Å². The van der Waals surface area contributed by atoms with Crippen LogP contribution in [-0.2, 0) is 57.5 Å². The molecule has 24 nitrogen and oxygen atoms in total. The minimum Gasteiger partial charge on any atom is -0.345 e. The third-order valence-corrected chi connectivity index (χ3v) is 13.9. The van der Waals surface area contributed by atoms with E-state index in [0.717, 1.165) is 35.8 Å². The molecule has 2 aliphatic heterocycles. The number of amides is 12. The first-order valence-electron chi connectivity index (χ1n) is 25.5. The largest absolute Gasteiger partial charge is 0.345 e. The van der Waals surface area contributed by atoms with Gasteiger partial charge in [-0.05, 0) is 63.7 Å². The van der Waals surface area contributed by atoms with E-state index in [-0.39, 0.29) is 24.7 Å². The molecule has 2 saturated heterocycles. The van der Waals surface area contributed by atoms with E-state index in [2.05, 4.69) is 21.3 Å². The van der Waals surface area contributed by atoms with Gasteiger partial charge in [0, 0.05) is 62.4 Å². The molecular weight excluding hydrogens is 961 g/mol. The summed E-state index contributed by atoms with van der Waals surface area (Å²) in [6.45, 7) is 11.6. The van der Waals surface area contributed by atoms with E-state index in [9.17, 15) is 57.5 Å². The fraction of sp³-hybridized carbons (Fsp3) is 0.760. The summed E-state index contributed by atoms with van der Waals surface area (Å²) in [5.74, 6) is -8.65. The Kier molecular flexibility index (Phi) is 24.9. The van der Waals surface area contributed by atoms with Crippen molar-refractivity contribution in [3.63, 3.8) is 0 Å². The maximum absolute atomic E-state index is 14.7. The number of carbonyl (C=O) groups is 12. The van der Waals surface area contributed by atoms with Crippen molar-refractivity contribution < 1.29 is 57.5 Å². The van der Waals surface area contributed by atoms with Crippen molar-refractivity contribution in [2.45, 2.75) is 130 Å². The SMILES string of the molecule is CC[C@H](C)C1NC(=O)C(CC(C)C)N(C)C(=O)CC(C(=O)N2CCCCC2)N(C)C(=O)C(CC(C)C)NC(=O)C(C)(C)N(C)C(=O)CNC(=O)CNC(=O)CN(C)C(=O)CN(C)C(=O)CN(C)C(=O)CN(C)C1=O. The van der Waals surface area contributed by atoms with Gasteiger partial charge in [0.2, 0.25) is 70.9 Å². The van der Waals surface area contributed by atoms with Crippen LogP contribution in [0.2, 0.25) is 0 Å². The van der Waals surface area contributed by atoms with E-state index in [0.29, 0.717) is 32.4 Å². The molecule has 2 rings (SSSR count). The molecule has 4 N–H and O–H groups in total. The number of nitrogens with zero attached hydrogens (tertiary/aromatic N) is 8. The van der Waals surface area contributed by atoms with Crippen LogP contribution >= 0.6 is 0 Å². The summed E-state index contributed by atoms with van der Waals surface area (Å²) in [5, 5.41) is 10.4. The highest BCUT2D eigenvalue weighted by atomic mass is 16.2. The molecule has 0 aromatic rings. The van der Waals surface area contributed by atoms with Crippen molar-refractivity contribution in [1.82, 2.24) is 60.5 Å². The molecule has 0 radical (unpaired) electrons. The fourth-order valence-electron chi connectivity index (χ4n) is 8.27. The molecule has 2 fully saturated rings. The van der Waals surface area contributed by atoms with Crippen molar-refractivity contribution in [2.75, 3.05) is 102 Å². The van der Waals surface area contributed by atoms with Crippen LogP contribution in [-0.4, -0.2) is 241 Å². The Morgan fingerprint density at radius 1 is 0.581 bits per heavy atom. The van der Waals surface area contributed by atoms with Gasteiger partial charge in [0.15, 0.2) is 0 Å². The standard InChI is InChI=1S/C50H86N12O12/c1-16-33(6)44-48(73)58(12)30-43(69)57(11)29-42(68)56(10)28-41(67)55(9)27-38(64)51-25-37(63)52-26-40(66)61(15)50(7,8)49(74)53-34(22-31(2)3)46(71)60(14)36(47(72)62-20-18-17-19-21-62)24-39(65)59(13)35(23-32(4)5)45(70)54-44/h31-36,44H,16-30H2,1-15H3,(H,51,64)(H,52,63)(H,53,74)(H,54,70)/t33-,34?,35?,36?,44?/m0/s1. The molecule has 0 aliphatic carbocycles. The van der Waals surface area contributed by atoms with Crippen LogP contribution in [0, 0.1) is 17.8 Å². The normalized spacial score (nSPS) is 24.3. The summed E-state index contributed by atoms with van der Waals surface area (Å²) in [7, 11) is 9.53. The van der Waals surface area contributed by atoms with Gasteiger partial charge in [0.05, 0.1) is 45.7 Å². The number of likely N-dealkylation sites (tertiary alicyclic amines) is 1. The summed E-state index contributed by atoms with van der Waals surface area (Å²) < 4.78 is 0. The van der Waals surface area contributed by atoms with Gasteiger partial charge in [-0.3, -0.25) is 57.5 Å². The number of piperidine rings is 1. The number of likely N-dealkylation sites (N-methyl/N-ethyl adjacent to an activating group) is 7. The lowest BCUT2D eigenvalue weighted by molar-refractivity contribution is -0.152. The van der Waals surface area contributed by atoms with Crippen molar-refractivity contribution >= 4 is 70.9 Å². The van der Waals surface area contributed by atoms with Crippen molar-refractivity contribution in [3.8, 4) is 0 Å². The highest BCUT2D eigenvalue weighted by Gasteiger charge is 2.42. The number of hydrogen-bond acceptors (Lipinski definition) is 12. The van der Waals surface area contributed by atoms with Crippen molar-refractivity contribution in [2.24, 2.45) is 17.8 Å². The topological polar surface area (TPSA) is 279 Å². The average Bonchev–Trinajstić information content (AvgIpc) is 3.34. The molecule has 0 saturated carbocycles. The molecule has 74 heavy (non-hydrogen) atoms. The van der Waals surface area contributed by atoms with Gasteiger partial charge >= 0.3 is 0 Å². The van der Waals surface area contributed by atoms with Crippen LogP contribution in [0.15, 0.2) is 0 Å². The summed E-state index contributed by atoms with van der Waals surface area (Å²) in [5.41, 5.74) is -1.61. The molecule has 4 unspecified atom stereocenters. The second-order valence-electron chi connectivity index (χ2n) is 21.2. The Morgan fingerprint density at radius 3 is 1.59 bits per heavy atom. The lowest BCUT2D eigenvalue weighted by Gasteiger charge is -2.39. The van der Waals surface area contributed by atoms with Gasteiger partial charge in [0.25, 0.3) is 0 Å². The Bertz CT molecular complexity index is 2060. The van der Waals surface area contributed by atoms with E-state index in [4.69, 9.17) is 0 Å². The van der Waals surface area contributed by atoms with Crippen LogP contribution in [0.3, 0.4) is 0 Å².